The van der Waals surface area contributed by atoms with Crippen LogP contribution >= 0.6 is 0 Å². The van der Waals surface area contributed by atoms with Gasteiger partial charge in [0.1, 0.15) is 23.9 Å². The molecule has 0 aliphatic carbocycles. The highest BCUT2D eigenvalue weighted by Crippen LogP contribution is 2.29. The molecule has 1 N–H and O–H groups in total. The number of aromatic nitrogens is 1. The summed E-state index contributed by atoms with van der Waals surface area (Å²) in [6.07, 6.45) is 3.45. The second-order valence-electron chi connectivity index (χ2n) is 7.58. The molecule has 0 bridgehead atoms. The van der Waals surface area contributed by atoms with Crippen LogP contribution in [0.4, 0.5) is 0 Å². The summed E-state index contributed by atoms with van der Waals surface area (Å²) in [6, 6.07) is 26.0. The number of carbonyl (C=O) groups is 1. The summed E-state index contributed by atoms with van der Waals surface area (Å²) in [5, 5.41) is 2.85. The van der Waals surface area contributed by atoms with Crippen LogP contribution in [0, 0.1) is 0 Å². The zero-order valence-corrected chi connectivity index (χ0v) is 19.3. The van der Waals surface area contributed by atoms with Crippen LogP contribution in [0.1, 0.15) is 11.1 Å². The summed E-state index contributed by atoms with van der Waals surface area (Å²) in [6.45, 7) is 0.655. The lowest BCUT2D eigenvalue weighted by Gasteiger charge is -2.13. The summed E-state index contributed by atoms with van der Waals surface area (Å²) < 4.78 is 22.6. The van der Waals surface area contributed by atoms with E-state index in [2.05, 4.69) is 10.3 Å². The Kier molecular flexibility index (Phi) is 8.16. The van der Waals surface area contributed by atoms with Gasteiger partial charge in [-0.3, -0.25) is 9.78 Å². The summed E-state index contributed by atoms with van der Waals surface area (Å²) >= 11 is 0. The van der Waals surface area contributed by atoms with Gasteiger partial charge in [-0.1, -0.05) is 24.3 Å². The van der Waals surface area contributed by atoms with Crippen molar-refractivity contribution >= 4 is 5.91 Å². The van der Waals surface area contributed by atoms with Crippen LogP contribution in [-0.2, 0) is 17.9 Å². The molecule has 0 atom stereocenters. The van der Waals surface area contributed by atoms with Crippen LogP contribution in [-0.4, -0.2) is 24.6 Å². The van der Waals surface area contributed by atoms with Gasteiger partial charge in [0, 0.05) is 18.9 Å². The molecular formula is C28H26N2O5. The smallest absolute Gasteiger partial charge is 0.258 e. The fourth-order valence-corrected chi connectivity index (χ4v) is 3.21. The maximum absolute atomic E-state index is 12.3. The molecule has 0 aliphatic heterocycles. The molecule has 7 nitrogen and oxygen atoms in total. The molecule has 0 spiro atoms. The van der Waals surface area contributed by atoms with Crippen molar-refractivity contribution in [2.45, 2.75) is 13.2 Å². The Morgan fingerprint density at radius 1 is 0.771 bits per heavy atom. The molecule has 0 fully saturated rings. The summed E-state index contributed by atoms with van der Waals surface area (Å²) in [5.41, 5.74) is 1.89. The highest BCUT2D eigenvalue weighted by Gasteiger charge is 2.09. The molecule has 1 aromatic heterocycles. The number of nitrogens with zero attached hydrogens (tertiary/aromatic N) is 1. The van der Waals surface area contributed by atoms with Gasteiger partial charge in [-0.25, -0.2) is 0 Å². The molecule has 178 valence electrons. The van der Waals surface area contributed by atoms with Gasteiger partial charge in [0.2, 0.25) is 0 Å². The predicted octanol–water partition coefficient (Wildman–Crippen LogP) is 5.16. The third kappa shape index (κ3) is 7.23. The molecule has 0 unspecified atom stereocenters. The molecule has 35 heavy (non-hydrogen) atoms. The fourth-order valence-electron chi connectivity index (χ4n) is 3.21. The third-order valence-corrected chi connectivity index (χ3v) is 5.03. The lowest BCUT2D eigenvalue weighted by atomic mass is 10.2. The van der Waals surface area contributed by atoms with Gasteiger partial charge in [0.25, 0.3) is 5.91 Å². The van der Waals surface area contributed by atoms with Gasteiger partial charge in [-0.2, -0.15) is 0 Å². The van der Waals surface area contributed by atoms with Gasteiger partial charge >= 0.3 is 0 Å². The second kappa shape index (κ2) is 12.1. The van der Waals surface area contributed by atoms with Crippen LogP contribution in [0.15, 0.2) is 97.3 Å². The SMILES string of the molecule is COc1cc(CNC(=O)COc2ccc(Oc3ccccc3)cc2)ccc1OCc1ccncc1. The van der Waals surface area contributed by atoms with Crippen LogP contribution in [0.2, 0.25) is 0 Å². The van der Waals surface area contributed by atoms with Crippen molar-refractivity contribution in [2.24, 2.45) is 0 Å². The highest BCUT2D eigenvalue weighted by atomic mass is 16.5. The van der Waals surface area contributed by atoms with Crippen LogP contribution in [0.25, 0.3) is 0 Å². The number of benzene rings is 3. The number of pyridine rings is 1. The summed E-state index contributed by atoms with van der Waals surface area (Å²) in [4.78, 5) is 16.3. The first-order valence-corrected chi connectivity index (χ1v) is 11.1. The van der Waals surface area contributed by atoms with Crippen molar-refractivity contribution in [1.82, 2.24) is 10.3 Å². The van der Waals surface area contributed by atoms with Crippen molar-refractivity contribution in [3.63, 3.8) is 0 Å². The quantitative estimate of drug-likeness (QED) is 0.326. The van der Waals surface area contributed by atoms with E-state index in [1.54, 1.807) is 43.8 Å². The number of ether oxygens (including phenoxy) is 4. The van der Waals surface area contributed by atoms with Crippen LogP contribution in [0.3, 0.4) is 0 Å². The number of methoxy groups -OCH3 is 1. The first kappa shape index (κ1) is 23.6. The second-order valence-corrected chi connectivity index (χ2v) is 7.58. The molecule has 0 saturated heterocycles. The Balaban J connectivity index is 1.23. The number of hydrogen-bond acceptors (Lipinski definition) is 6. The zero-order valence-electron chi connectivity index (χ0n) is 19.3. The Labute approximate surface area is 204 Å². The van der Waals surface area contributed by atoms with Gasteiger partial charge < -0.3 is 24.3 Å². The molecule has 0 aliphatic rings. The van der Waals surface area contributed by atoms with Gasteiger partial charge in [0.15, 0.2) is 18.1 Å². The van der Waals surface area contributed by atoms with E-state index < -0.39 is 0 Å². The van der Waals surface area contributed by atoms with E-state index in [1.807, 2.05) is 60.7 Å². The van der Waals surface area contributed by atoms with Crippen molar-refractivity contribution in [3.05, 3.63) is 108 Å². The maximum atomic E-state index is 12.3. The van der Waals surface area contributed by atoms with Crippen LogP contribution in [0.5, 0.6) is 28.7 Å². The minimum Gasteiger partial charge on any atom is -0.493 e. The molecule has 1 amide bonds. The zero-order chi connectivity index (χ0) is 24.3. The molecular weight excluding hydrogens is 444 g/mol. The van der Waals surface area contributed by atoms with Gasteiger partial charge in [0.05, 0.1) is 7.11 Å². The fraction of sp³-hybridized carbons (Fsp3) is 0.143. The molecule has 0 radical (unpaired) electrons. The minimum absolute atomic E-state index is 0.0941. The number of hydrogen-bond donors (Lipinski definition) is 1. The van der Waals surface area contributed by atoms with Crippen molar-refractivity contribution in [1.29, 1.82) is 0 Å². The number of para-hydroxylation sites is 1. The Morgan fingerprint density at radius 3 is 2.23 bits per heavy atom. The van der Waals surface area contributed by atoms with Crippen LogP contribution < -0.4 is 24.3 Å². The molecule has 4 rings (SSSR count). The molecule has 4 aromatic rings. The summed E-state index contributed by atoms with van der Waals surface area (Å²) in [5.74, 6) is 3.02. The van der Waals surface area contributed by atoms with E-state index in [1.165, 1.54) is 0 Å². The first-order valence-electron chi connectivity index (χ1n) is 11.1. The van der Waals surface area contributed by atoms with E-state index >= 15 is 0 Å². The van der Waals surface area contributed by atoms with Gasteiger partial charge in [-0.05, 0) is 71.8 Å². The van der Waals surface area contributed by atoms with E-state index in [9.17, 15) is 4.79 Å². The largest absolute Gasteiger partial charge is 0.493 e. The minimum atomic E-state index is -0.230. The summed E-state index contributed by atoms with van der Waals surface area (Å²) in [7, 11) is 1.58. The van der Waals surface area contributed by atoms with E-state index in [0.29, 0.717) is 36.1 Å². The normalized spacial score (nSPS) is 10.3. The number of amides is 1. The average Bonchev–Trinajstić information content (AvgIpc) is 2.91. The van der Waals surface area contributed by atoms with Crippen molar-refractivity contribution < 1.29 is 23.7 Å². The third-order valence-electron chi connectivity index (χ3n) is 5.03. The molecule has 3 aromatic carbocycles. The molecule has 7 heteroatoms. The van der Waals surface area contributed by atoms with E-state index in [-0.39, 0.29) is 12.5 Å². The Bertz CT molecular complexity index is 1220. The molecule has 1 heterocycles. The lowest BCUT2D eigenvalue weighted by Crippen LogP contribution is -2.28. The average molecular weight is 471 g/mol. The molecule has 0 saturated carbocycles. The van der Waals surface area contributed by atoms with Gasteiger partial charge in [-0.15, -0.1) is 0 Å². The Hall–Kier alpha value is -4.52. The van der Waals surface area contributed by atoms with E-state index in [0.717, 1.165) is 16.9 Å². The van der Waals surface area contributed by atoms with E-state index in [4.69, 9.17) is 18.9 Å². The maximum Gasteiger partial charge on any atom is 0.258 e. The number of nitrogens with one attached hydrogen (secondary N) is 1. The first-order chi connectivity index (χ1) is 17.2. The van der Waals surface area contributed by atoms with Crippen molar-refractivity contribution in [3.8, 4) is 28.7 Å². The lowest BCUT2D eigenvalue weighted by molar-refractivity contribution is -0.123. The monoisotopic (exact) mass is 470 g/mol. The highest BCUT2D eigenvalue weighted by molar-refractivity contribution is 5.77. The number of carbonyl (C=O) groups excluding carboxylic acids is 1. The topological polar surface area (TPSA) is 78.9 Å². The number of rotatable bonds is 11. The predicted molar refractivity (Wildman–Crippen MR) is 132 cm³/mol. The standard InChI is InChI=1S/C28H26N2O5/c1-32-27-17-22(7-12-26(27)34-19-21-13-15-29-16-14-21)18-30-28(31)20-33-23-8-10-25(11-9-23)35-24-5-3-2-4-6-24/h2-17H,18-20H2,1H3,(H,30,31). The Morgan fingerprint density at radius 2 is 1.49 bits per heavy atom. The van der Waals surface area contributed by atoms with Crippen molar-refractivity contribution in [2.75, 3.05) is 13.7 Å².